The topological polar surface area (TPSA) is 0 Å². The van der Waals surface area contributed by atoms with Crippen molar-refractivity contribution in [2.45, 2.75) is 142 Å². The van der Waals surface area contributed by atoms with Crippen LogP contribution in [0.25, 0.3) is 0 Å². The Bertz CT molecular complexity index is 436. The lowest BCUT2D eigenvalue weighted by atomic mass is 9.47. The van der Waals surface area contributed by atoms with Gasteiger partial charge in [0, 0.05) is 0 Å². The van der Waals surface area contributed by atoms with E-state index in [0.29, 0.717) is 0 Å². The summed E-state index contributed by atoms with van der Waals surface area (Å²) in [5.74, 6) is 4.40. The Hall–Kier alpha value is 0. The first-order valence-electron chi connectivity index (χ1n) is 13.7. The lowest BCUT2D eigenvalue weighted by Crippen LogP contribution is -2.46. The summed E-state index contributed by atoms with van der Waals surface area (Å²) in [5, 5.41) is 0. The molecular weight excluding hydrogens is 336 g/mol. The maximum Gasteiger partial charge on any atom is -0.0269 e. The molecule has 0 aromatic carbocycles. The van der Waals surface area contributed by atoms with Crippen molar-refractivity contribution >= 4 is 0 Å². The van der Waals surface area contributed by atoms with Gasteiger partial charge in [0.25, 0.3) is 0 Å². The molecule has 0 heteroatoms. The molecule has 0 nitrogen and oxygen atoms in total. The van der Waals surface area contributed by atoms with Crippen LogP contribution in [-0.2, 0) is 0 Å². The van der Waals surface area contributed by atoms with Crippen molar-refractivity contribution in [3.8, 4) is 0 Å². The Morgan fingerprint density at radius 3 is 1.71 bits per heavy atom. The van der Waals surface area contributed by atoms with E-state index in [1.165, 1.54) is 32.1 Å². The van der Waals surface area contributed by atoms with E-state index in [1.54, 1.807) is 96.3 Å². The fourth-order valence-corrected chi connectivity index (χ4v) is 8.59. The van der Waals surface area contributed by atoms with Gasteiger partial charge in [0.05, 0.1) is 0 Å². The summed E-state index contributed by atoms with van der Waals surface area (Å²) in [6.45, 7) is 4.73. The molecule has 0 atom stereocenters. The van der Waals surface area contributed by atoms with Gasteiger partial charge in [-0.15, -0.1) is 0 Å². The molecule has 5 fully saturated rings. The predicted octanol–water partition coefficient (Wildman–Crippen LogP) is 9.32. The second kappa shape index (κ2) is 9.43. The highest BCUT2D eigenvalue weighted by molar-refractivity contribution is 5.03. The molecule has 5 aliphatic rings. The van der Waals surface area contributed by atoms with E-state index in [2.05, 4.69) is 13.8 Å². The Kier molecular flexibility index (Phi) is 7.15. The molecule has 0 unspecified atom stereocenters. The number of hydrogen-bond acceptors (Lipinski definition) is 0. The molecule has 0 spiro atoms. The molecule has 0 amide bonds. The van der Waals surface area contributed by atoms with Gasteiger partial charge in [-0.2, -0.15) is 0 Å². The summed E-state index contributed by atoms with van der Waals surface area (Å²) in [6.07, 6.45) is 31.1. The highest BCUT2D eigenvalue weighted by Crippen LogP contribution is 2.63. The first kappa shape index (κ1) is 21.2. The van der Waals surface area contributed by atoms with Crippen LogP contribution in [0.1, 0.15) is 142 Å². The zero-order valence-corrected chi connectivity index (χ0v) is 19.5. The smallest absolute Gasteiger partial charge is 0.0269 e. The molecule has 0 heterocycles. The first-order valence-corrected chi connectivity index (χ1v) is 13.7. The van der Waals surface area contributed by atoms with Gasteiger partial charge < -0.3 is 0 Å². The summed E-state index contributed by atoms with van der Waals surface area (Å²) in [6, 6.07) is 0. The van der Waals surface area contributed by atoms with Crippen LogP contribution in [0.4, 0.5) is 0 Å². The number of hydrogen-bond donors (Lipinski definition) is 0. The van der Waals surface area contributed by atoms with Crippen molar-refractivity contribution in [1.82, 2.24) is 0 Å². The van der Waals surface area contributed by atoms with Crippen molar-refractivity contribution in [1.29, 1.82) is 0 Å². The third kappa shape index (κ3) is 4.51. The summed E-state index contributed by atoms with van der Waals surface area (Å²) in [4.78, 5) is 0. The van der Waals surface area contributed by atoms with Crippen LogP contribution < -0.4 is 0 Å². The molecular formula is C28H50. The van der Waals surface area contributed by atoms with Crippen LogP contribution >= 0.6 is 0 Å². The first-order chi connectivity index (χ1) is 13.7. The fourth-order valence-electron chi connectivity index (χ4n) is 8.59. The van der Waals surface area contributed by atoms with Gasteiger partial charge in [0.1, 0.15) is 0 Å². The summed E-state index contributed by atoms with van der Waals surface area (Å²) in [7, 11) is 0. The molecule has 0 saturated heterocycles. The molecule has 28 heavy (non-hydrogen) atoms. The number of rotatable bonds is 8. The van der Waals surface area contributed by atoms with Gasteiger partial charge in [0.2, 0.25) is 0 Å². The second-order valence-corrected chi connectivity index (χ2v) is 12.0. The molecule has 0 N–H and O–H groups in total. The lowest BCUT2D eigenvalue weighted by Gasteiger charge is -2.58. The van der Waals surface area contributed by atoms with Crippen LogP contribution in [0, 0.1) is 34.5 Å². The Labute approximate surface area is 177 Å². The van der Waals surface area contributed by atoms with Gasteiger partial charge in [-0.1, -0.05) is 58.8 Å². The van der Waals surface area contributed by atoms with E-state index in [4.69, 9.17) is 0 Å². The lowest BCUT2D eigenvalue weighted by molar-refractivity contribution is -0.0679. The highest BCUT2D eigenvalue weighted by atomic mass is 14.6. The molecule has 2 bridgehead atoms. The van der Waals surface area contributed by atoms with Crippen molar-refractivity contribution < 1.29 is 0 Å². The molecule has 5 rings (SSSR count). The summed E-state index contributed by atoms with van der Waals surface area (Å²) in [5.41, 5.74) is 1.60. The normalized spacial score (nSPS) is 43.9. The minimum absolute atomic E-state index is 0.797. The average molecular weight is 387 g/mol. The van der Waals surface area contributed by atoms with Crippen molar-refractivity contribution in [2.75, 3.05) is 0 Å². The standard InChI is InChI=1S/C28H50/c1-3-5-6-16-27-17-20-28(21-18-27,22-19-27)26-14-12-25(13-15-26)24-10-8-23(7-4-2)9-11-24/h23-26H,3-22H2,1-2H3/t23-,24-,25-,26-,27?,28?. The van der Waals surface area contributed by atoms with E-state index in [1.807, 2.05) is 0 Å². The van der Waals surface area contributed by atoms with Crippen LogP contribution in [0.2, 0.25) is 0 Å². The van der Waals surface area contributed by atoms with Gasteiger partial charge in [-0.25, -0.2) is 0 Å². The largest absolute Gasteiger partial charge is 0.0654 e. The molecule has 0 aliphatic heterocycles. The molecule has 0 aromatic heterocycles. The number of fused-ring (bicyclic) bond motifs is 3. The average Bonchev–Trinajstić information content (AvgIpc) is 2.76. The van der Waals surface area contributed by atoms with E-state index in [0.717, 1.165) is 34.5 Å². The Balaban J connectivity index is 1.23. The second-order valence-electron chi connectivity index (χ2n) is 12.0. The van der Waals surface area contributed by atoms with Crippen molar-refractivity contribution in [3.05, 3.63) is 0 Å². The highest BCUT2D eigenvalue weighted by Gasteiger charge is 2.51. The van der Waals surface area contributed by atoms with Gasteiger partial charge in [-0.05, 0) is 118 Å². The maximum atomic E-state index is 2.37. The number of unbranched alkanes of at least 4 members (excludes halogenated alkanes) is 2. The zero-order chi connectivity index (χ0) is 19.5. The molecule has 0 aromatic rings. The maximum absolute atomic E-state index is 2.37. The van der Waals surface area contributed by atoms with Gasteiger partial charge in [0.15, 0.2) is 0 Å². The third-order valence-corrected chi connectivity index (χ3v) is 10.7. The van der Waals surface area contributed by atoms with E-state index < -0.39 is 0 Å². The van der Waals surface area contributed by atoms with Crippen LogP contribution in [0.5, 0.6) is 0 Å². The quantitative estimate of drug-likeness (QED) is 0.364. The SMILES string of the molecule is CCCCCC12CCC([C@H]3CC[C@H]([C@H]4CC[C@H](CCC)CC4)CC3)(CC1)CC2. The van der Waals surface area contributed by atoms with Gasteiger partial charge >= 0.3 is 0 Å². The van der Waals surface area contributed by atoms with E-state index in [9.17, 15) is 0 Å². The van der Waals surface area contributed by atoms with Crippen LogP contribution in [0.15, 0.2) is 0 Å². The van der Waals surface area contributed by atoms with Crippen LogP contribution in [-0.4, -0.2) is 0 Å². The molecule has 5 aliphatic carbocycles. The molecule has 5 saturated carbocycles. The molecule has 162 valence electrons. The van der Waals surface area contributed by atoms with Crippen molar-refractivity contribution in [3.63, 3.8) is 0 Å². The summed E-state index contributed by atoms with van der Waals surface area (Å²) >= 11 is 0. The van der Waals surface area contributed by atoms with Gasteiger partial charge in [-0.3, -0.25) is 0 Å². The zero-order valence-electron chi connectivity index (χ0n) is 19.5. The minimum Gasteiger partial charge on any atom is -0.0654 e. The minimum atomic E-state index is 0.797. The van der Waals surface area contributed by atoms with E-state index in [-0.39, 0.29) is 0 Å². The molecule has 0 radical (unpaired) electrons. The van der Waals surface area contributed by atoms with Crippen molar-refractivity contribution in [2.24, 2.45) is 34.5 Å². The fraction of sp³-hybridized carbons (Fsp3) is 1.00. The third-order valence-electron chi connectivity index (χ3n) is 10.7. The Morgan fingerprint density at radius 1 is 0.607 bits per heavy atom. The monoisotopic (exact) mass is 386 g/mol. The Morgan fingerprint density at radius 2 is 1.18 bits per heavy atom. The predicted molar refractivity (Wildman–Crippen MR) is 123 cm³/mol. The van der Waals surface area contributed by atoms with Crippen LogP contribution in [0.3, 0.4) is 0 Å². The van der Waals surface area contributed by atoms with E-state index >= 15 is 0 Å². The summed E-state index contributed by atoms with van der Waals surface area (Å²) < 4.78 is 0.